The van der Waals surface area contributed by atoms with E-state index in [9.17, 15) is 35.9 Å². The fraction of sp³-hybridized carbons (Fsp3) is 0.300. The highest BCUT2D eigenvalue weighted by molar-refractivity contribution is 6.39. The van der Waals surface area contributed by atoms with E-state index < -0.39 is 47.8 Å². The van der Waals surface area contributed by atoms with Crippen molar-refractivity contribution < 1.29 is 40.7 Å². The Balaban J connectivity index is 2.11. The van der Waals surface area contributed by atoms with Crippen molar-refractivity contribution >= 4 is 17.5 Å². The number of alkyl halides is 5. The number of carbonyl (C=O) groups is 2. The molecule has 2 rings (SSSR count). The van der Waals surface area contributed by atoms with Crippen molar-refractivity contribution in [2.45, 2.75) is 38.6 Å². The molecule has 0 spiro atoms. The van der Waals surface area contributed by atoms with Gasteiger partial charge in [-0.1, -0.05) is 25.5 Å². The molecule has 0 fully saturated rings. The second kappa shape index (κ2) is 10.2. The average Bonchev–Trinajstić information content (AvgIpc) is 2.68. The minimum Gasteiger partial charge on any atom is -0.432 e. The predicted octanol–water partition coefficient (Wildman–Crippen LogP) is 5.04. The largest absolute Gasteiger partial charge is 0.432 e. The number of hydrogen-bond acceptors (Lipinski definition) is 3. The Morgan fingerprint density at radius 2 is 1.77 bits per heavy atom. The van der Waals surface area contributed by atoms with Crippen molar-refractivity contribution in [3.05, 3.63) is 59.4 Å². The van der Waals surface area contributed by atoms with Gasteiger partial charge in [0.2, 0.25) is 0 Å². The van der Waals surface area contributed by atoms with Gasteiger partial charge in [-0.2, -0.15) is 22.0 Å². The molecule has 0 aliphatic carbocycles. The van der Waals surface area contributed by atoms with E-state index in [0.29, 0.717) is 12.5 Å². The van der Waals surface area contributed by atoms with E-state index in [0.717, 1.165) is 24.3 Å². The van der Waals surface area contributed by atoms with Crippen LogP contribution < -0.4 is 15.4 Å². The summed E-state index contributed by atoms with van der Waals surface area (Å²) in [6, 6.07) is 6.05. The zero-order valence-corrected chi connectivity index (χ0v) is 16.1. The molecule has 2 aromatic rings. The van der Waals surface area contributed by atoms with Crippen molar-refractivity contribution in [1.29, 1.82) is 0 Å². The van der Waals surface area contributed by atoms with E-state index in [1.54, 1.807) is 6.92 Å². The van der Waals surface area contributed by atoms with Gasteiger partial charge in [-0.15, -0.1) is 0 Å². The van der Waals surface area contributed by atoms with Crippen LogP contribution in [0.15, 0.2) is 42.5 Å². The second-order valence-electron chi connectivity index (χ2n) is 6.42. The summed E-state index contributed by atoms with van der Waals surface area (Å²) in [5.74, 6) is -4.31. The standard InChI is InChI=1S/C20H18F6N2O3/c1-2-4-15(11-5-3-6-12(9-11)20(24,25)26)28-18(30)17(29)27-13-7-8-16(14(21)10-13)31-19(22)23/h3,5-10,15,19H,2,4H2,1H3,(H,27,29)(H,28,30)/t15-/m1/s1. The molecule has 0 aliphatic heterocycles. The molecule has 5 nitrogen and oxygen atoms in total. The smallest absolute Gasteiger partial charge is 0.416 e. The van der Waals surface area contributed by atoms with Gasteiger partial charge in [0.05, 0.1) is 11.6 Å². The quantitative estimate of drug-likeness (QED) is 0.461. The summed E-state index contributed by atoms with van der Waals surface area (Å²) >= 11 is 0. The Morgan fingerprint density at radius 3 is 2.35 bits per heavy atom. The summed E-state index contributed by atoms with van der Waals surface area (Å²) in [6.07, 6.45) is -3.81. The Morgan fingerprint density at radius 1 is 1.06 bits per heavy atom. The van der Waals surface area contributed by atoms with Crippen molar-refractivity contribution in [2.24, 2.45) is 0 Å². The molecule has 0 aromatic heterocycles. The molecule has 0 heterocycles. The van der Waals surface area contributed by atoms with Crippen LogP contribution in [0.3, 0.4) is 0 Å². The van der Waals surface area contributed by atoms with E-state index in [1.807, 2.05) is 0 Å². The first-order chi connectivity index (χ1) is 14.5. The van der Waals surface area contributed by atoms with Crippen molar-refractivity contribution in [1.82, 2.24) is 5.32 Å². The van der Waals surface area contributed by atoms with Crippen molar-refractivity contribution in [3.63, 3.8) is 0 Å². The minimum absolute atomic E-state index is 0.164. The zero-order chi connectivity index (χ0) is 23.2. The van der Waals surface area contributed by atoms with Gasteiger partial charge in [-0.05, 0) is 36.2 Å². The molecule has 0 saturated heterocycles. The van der Waals surface area contributed by atoms with Gasteiger partial charge in [0.25, 0.3) is 0 Å². The summed E-state index contributed by atoms with van der Waals surface area (Å²) in [5, 5.41) is 4.43. The Bertz CT molecular complexity index is 933. The molecule has 0 radical (unpaired) electrons. The number of anilines is 1. The van der Waals surface area contributed by atoms with Crippen LogP contribution in [-0.2, 0) is 15.8 Å². The lowest BCUT2D eigenvalue weighted by molar-refractivity contribution is -0.137. The molecule has 168 valence electrons. The van der Waals surface area contributed by atoms with Crippen molar-refractivity contribution in [3.8, 4) is 5.75 Å². The van der Waals surface area contributed by atoms with Crippen LogP contribution in [-0.4, -0.2) is 18.4 Å². The maximum atomic E-state index is 13.7. The van der Waals surface area contributed by atoms with Gasteiger partial charge < -0.3 is 15.4 Å². The molecular formula is C20H18F6N2O3. The molecule has 1 atom stereocenters. The first kappa shape index (κ1) is 24.0. The highest BCUT2D eigenvalue weighted by atomic mass is 19.4. The molecule has 0 bridgehead atoms. The third kappa shape index (κ3) is 6.90. The number of hydrogen-bond donors (Lipinski definition) is 2. The van der Waals surface area contributed by atoms with Crippen molar-refractivity contribution in [2.75, 3.05) is 5.32 Å². The summed E-state index contributed by atoms with van der Waals surface area (Å²) in [6.45, 7) is -1.49. The van der Waals surface area contributed by atoms with E-state index in [4.69, 9.17) is 0 Å². The molecule has 31 heavy (non-hydrogen) atoms. The number of ether oxygens (including phenoxy) is 1. The minimum atomic E-state index is -4.57. The van der Waals surface area contributed by atoms with Gasteiger partial charge in [0.15, 0.2) is 11.6 Å². The Kier molecular flexibility index (Phi) is 7.89. The molecule has 0 saturated carbocycles. The SMILES string of the molecule is CCC[C@@H](NC(=O)C(=O)Nc1ccc(OC(F)F)c(F)c1)c1cccc(C(F)(F)F)c1. The molecule has 2 N–H and O–H groups in total. The molecule has 2 amide bonds. The lowest BCUT2D eigenvalue weighted by atomic mass is 10.00. The molecule has 2 aromatic carbocycles. The number of rotatable bonds is 7. The zero-order valence-electron chi connectivity index (χ0n) is 16.1. The summed E-state index contributed by atoms with van der Waals surface area (Å²) < 4.78 is 80.8. The maximum absolute atomic E-state index is 13.7. The lowest BCUT2D eigenvalue weighted by Crippen LogP contribution is -2.38. The third-order valence-electron chi connectivity index (χ3n) is 4.11. The number of benzene rings is 2. The van der Waals surface area contributed by atoms with Gasteiger partial charge in [-0.25, -0.2) is 4.39 Å². The number of nitrogens with one attached hydrogen (secondary N) is 2. The van der Waals surface area contributed by atoms with Gasteiger partial charge in [-0.3, -0.25) is 9.59 Å². The van der Waals surface area contributed by atoms with Gasteiger partial charge in [0.1, 0.15) is 0 Å². The maximum Gasteiger partial charge on any atom is 0.416 e. The summed E-state index contributed by atoms with van der Waals surface area (Å²) in [5.41, 5.74) is -0.936. The average molecular weight is 448 g/mol. The lowest BCUT2D eigenvalue weighted by Gasteiger charge is -2.19. The fourth-order valence-electron chi connectivity index (χ4n) is 2.72. The van der Waals surface area contributed by atoms with E-state index in [-0.39, 0.29) is 17.7 Å². The highest BCUT2D eigenvalue weighted by Crippen LogP contribution is 2.31. The van der Waals surface area contributed by atoms with E-state index >= 15 is 0 Å². The first-order valence-electron chi connectivity index (χ1n) is 9.04. The van der Waals surface area contributed by atoms with E-state index in [2.05, 4.69) is 15.4 Å². The highest BCUT2D eigenvalue weighted by Gasteiger charge is 2.31. The topological polar surface area (TPSA) is 67.4 Å². The van der Waals surface area contributed by atoms with E-state index in [1.165, 1.54) is 12.1 Å². The molecule has 11 heteroatoms. The first-order valence-corrected chi connectivity index (χ1v) is 9.04. The molecule has 0 unspecified atom stereocenters. The van der Waals surface area contributed by atoms with Crippen LogP contribution >= 0.6 is 0 Å². The Labute approximate surface area is 173 Å². The summed E-state index contributed by atoms with van der Waals surface area (Å²) in [7, 11) is 0. The van der Waals surface area contributed by atoms with Crippen LogP contribution in [0, 0.1) is 5.82 Å². The molecule has 0 aliphatic rings. The fourth-order valence-corrected chi connectivity index (χ4v) is 2.72. The second-order valence-corrected chi connectivity index (χ2v) is 6.42. The Hall–Kier alpha value is -3.24. The van der Waals surface area contributed by atoms with Crippen LogP contribution in [0.4, 0.5) is 32.0 Å². The van der Waals surface area contributed by atoms with Crippen LogP contribution in [0.2, 0.25) is 0 Å². The predicted molar refractivity (Wildman–Crippen MR) is 98.9 cm³/mol. The summed E-state index contributed by atoms with van der Waals surface area (Å²) in [4.78, 5) is 24.3. The number of halogens is 6. The van der Waals surface area contributed by atoms with Crippen LogP contribution in [0.25, 0.3) is 0 Å². The number of amides is 2. The van der Waals surface area contributed by atoms with Crippen LogP contribution in [0.5, 0.6) is 5.75 Å². The van der Waals surface area contributed by atoms with Gasteiger partial charge in [0, 0.05) is 11.8 Å². The van der Waals surface area contributed by atoms with Crippen LogP contribution in [0.1, 0.15) is 36.9 Å². The normalized spacial score (nSPS) is 12.4. The third-order valence-corrected chi connectivity index (χ3v) is 4.11. The molecular weight excluding hydrogens is 430 g/mol. The monoisotopic (exact) mass is 448 g/mol. The van der Waals surface area contributed by atoms with Gasteiger partial charge >= 0.3 is 24.6 Å². The number of carbonyl (C=O) groups excluding carboxylic acids is 2.